The van der Waals surface area contributed by atoms with Gasteiger partial charge in [0.05, 0.1) is 12.6 Å². The molecule has 7 heteroatoms. The molecular weight excluding hydrogens is 340 g/mol. The quantitative estimate of drug-likeness (QED) is 0.864. The summed E-state index contributed by atoms with van der Waals surface area (Å²) in [4.78, 5) is 30.6. The zero-order valence-corrected chi connectivity index (χ0v) is 14.5. The van der Waals surface area contributed by atoms with Crippen molar-refractivity contribution in [2.45, 2.75) is 6.04 Å². The van der Waals surface area contributed by atoms with E-state index in [4.69, 9.17) is 0 Å². The summed E-state index contributed by atoms with van der Waals surface area (Å²) < 4.78 is 0. The van der Waals surface area contributed by atoms with Gasteiger partial charge in [0.2, 0.25) is 5.91 Å². The van der Waals surface area contributed by atoms with Gasteiger partial charge < -0.3 is 15.5 Å². The summed E-state index contributed by atoms with van der Waals surface area (Å²) in [5.74, 6) is -0.327. The standard InChI is InChI=1S/C18H20N4O2.ClH/c23-17(13-21-18(24)14-5-2-1-3-6-14)22-10-9-20-12-16(22)15-7-4-8-19-11-15;/h1-8,11,16,20H,9-10,12-13H2,(H,21,24);1H. The molecule has 2 amide bonds. The zero-order valence-electron chi connectivity index (χ0n) is 13.7. The number of aromatic nitrogens is 1. The maximum Gasteiger partial charge on any atom is 0.251 e. The van der Waals surface area contributed by atoms with E-state index in [1.165, 1.54) is 0 Å². The lowest BCUT2D eigenvalue weighted by Gasteiger charge is -2.36. The highest BCUT2D eigenvalue weighted by atomic mass is 35.5. The Morgan fingerprint density at radius 1 is 1.20 bits per heavy atom. The number of pyridine rings is 1. The van der Waals surface area contributed by atoms with E-state index in [1.54, 1.807) is 41.6 Å². The molecule has 1 saturated heterocycles. The van der Waals surface area contributed by atoms with Crippen LogP contribution in [0.15, 0.2) is 54.9 Å². The van der Waals surface area contributed by atoms with Gasteiger partial charge in [-0.15, -0.1) is 12.4 Å². The fraction of sp³-hybridized carbons (Fsp3) is 0.278. The molecule has 0 spiro atoms. The number of carbonyl (C=O) groups excluding carboxylic acids is 2. The monoisotopic (exact) mass is 360 g/mol. The second-order valence-corrected chi connectivity index (χ2v) is 5.64. The van der Waals surface area contributed by atoms with E-state index in [0.717, 1.165) is 12.1 Å². The molecule has 1 aliphatic heterocycles. The molecule has 1 aliphatic rings. The second kappa shape index (κ2) is 9.15. The van der Waals surface area contributed by atoms with E-state index in [0.29, 0.717) is 18.7 Å². The van der Waals surface area contributed by atoms with Crippen molar-refractivity contribution in [1.29, 1.82) is 0 Å². The van der Waals surface area contributed by atoms with Crippen LogP contribution in [0.2, 0.25) is 0 Å². The third kappa shape index (κ3) is 4.78. The van der Waals surface area contributed by atoms with Crippen LogP contribution in [0.25, 0.3) is 0 Å². The van der Waals surface area contributed by atoms with Crippen molar-refractivity contribution in [2.75, 3.05) is 26.2 Å². The topological polar surface area (TPSA) is 74.3 Å². The normalized spacial score (nSPS) is 16.6. The predicted octanol–water partition coefficient (Wildman–Crippen LogP) is 1.41. The Hall–Kier alpha value is -2.44. The van der Waals surface area contributed by atoms with Crippen molar-refractivity contribution in [3.63, 3.8) is 0 Å². The molecule has 0 bridgehead atoms. The molecule has 2 heterocycles. The summed E-state index contributed by atoms with van der Waals surface area (Å²) in [5, 5.41) is 6.00. The number of benzene rings is 1. The highest BCUT2D eigenvalue weighted by Gasteiger charge is 2.27. The van der Waals surface area contributed by atoms with Crippen LogP contribution < -0.4 is 10.6 Å². The van der Waals surface area contributed by atoms with Gasteiger partial charge in [-0.25, -0.2) is 0 Å². The van der Waals surface area contributed by atoms with E-state index in [2.05, 4.69) is 15.6 Å². The van der Waals surface area contributed by atoms with Crippen LogP contribution >= 0.6 is 12.4 Å². The summed E-state index contributed by atoms with van der Waals surface area (Å²) in [6.45, 7) is 2.03. The molecule has 0 radical (unpaired) electrons. The van der Waals surface area contributed by atoms with E-state index < -0.39 is 0 Å². The first kappa shape index (κ1) is 18.9. The third-order valence-corrected chi connectivity index (χ3v) is 4.07. The van der Waals surface area contributed by atoms with Crippen LogP contribution in [-0.2, 0) is 4.79 Å². The average molecular weight is 361 g/mol. The molecule has 2 N–H and O–H groups in total. The van der Waals surface area contributed by atoms with Gasteiger partial charge in [0.1, 0.15) is 0 Å². The molecule has 1 atom stereocenters. The Morgan fingerprint density at radius 2 is 2.00 bits per heavy atom. The number of nitrogens with zero attached hydrogens (tertiary/aromatic N) is 2. The fourth-order valence-electron chi connectivity index (χ4n) is 2.82. The van der Waals surface area contributed by atoms with Crippen LogP contribution in [0.1, 0.15) is 22.0 Å². The predicted molar refractivity (Wildman–Crippen MR) is 97.6 cm³/mol. The number of amides is 2. The smallest absolute Gasteiger partial charge is 0.251 e. The summed E-state index contributed by atoms with van der Waals surface area (Å²) in [6.07, 6.45) is 3.49. The van der Waals surface area contributed by atoms with Gasteiger partial charge >= 0.3 is 0 Å². The number of piperazine rings is 1. The SMILES string of the molecule is Cl.O=C(NCC(=O)N1CCNCC1c1cccnc1)c1ccccc1. The van der Waals surface area contributed by atoms with Crippen LogP contribution in [0.5, 0.6) is 0 Å². The summed E-state index contributed by atoms with van der Waals surface area (Å²) in [5.41, 5.74) is 1.54. The van der Waals surface area contributed by atoms with E-state index in [9.17, 15) is 9.59 Å². The number of halogens is 1. The van der Waals surface area contributed by atoms with Crippen LogP contribution in [0.4, 0.5) is 0 Å². The summed E-state index contributed by atoms with van der Waals surface area (Å²) >= 11 is 0. The fourth-order valence-corrected chi connectivity index (χ4v) is 2.82. The average Bonchev–Trinajstić information content (AvgIpc) is 2.67. The number of nitrogens with one attached hydrogen (secondary N) is 2. The first-order valence-electron chi connectivity index (χ1n) is 7.99. The lowest BCUT2D eigenvalue weighted by atomic mass is 10.1. The highest BCUT2D eigenvalue weighted by molar-refractivity contribution is 5.96. The number of hydrogen-bond acceptors (Lipinski definition) is 4. The lowest BCUT2D eigenvalue weighted by Crippen LogP contribution is -2.51. The molecule has 1 unspecified atom stereocenters. The number of hydrogen-bond donors (Lipinski definition) is 2. The molecule has 3 rings (SSSR count). The largest absolute Gasteiger partial charge is 0.343 e. The molecule has 6 nitrogen and oxygen atoms in total. The van der Waals surface area contributed by atoms with Crippen molar-refractivity contribution >= 4 is 24.2 Å². The molecule has 2 aromatic rings. The van der Waals surface area contributed by atoms with Crippen molar-refractivity contribution in [2.24, 2.45) is 0 Å². The maximum absolute atomic E-state index is 12.6. The molecular formula is C18H21ClN4O2. The highest BCUT2D eigenvalue weighted by Crippen LogP contribution is 2.21. The van der Waals surface area contributed by atoms with Crippen molar-refractivity contribution in [3.05, 3.63) is 66.0 Å². The number of carbonyl (C=O) groups is 2. The summed E-state index contributed by atoms with van der Waals surface area (Å²) in [7, 11) is 0. The van der Waals surface area contributed by atoms with Crippen molar-refractivity contribution in [3.8, 4) is 0 Å². The lowest BCUT2D eigenvalue weighted by molar-refractivity contribution is -0.133. The molecule has 132 valence electrons. The Balaban J connectivity index is 0.00000225. The van der Waals surface area contributed by atoms with Gasteiger partial charge in [-0.3, -0.25) is 14.6 Å². The second-order valence-electron chi connectivity index (χ2n) is 5.64. The zero-order chi connectivity index (χ0) is 16.8. The molecule has 0 aliphatic carbocycles. The molecule has 25 heavy (non-hydrogen) atoms. The van der Waals surface area contributed by atoms with Gasteiger partial charge in [-0.05, 0) is 23.8 Å². The Kier molecular flexibility index (Phi) is 6.91. The van der Waals surface area contributed by atoms with Crippen LogP contribution in [0, 0.1) is 0 Å². The van der Waals surface area contributed by atoms with E-state index >= 15 is 0 Å². The molecule has 1 aromatic carbocycles. The van der Waals surface area contributed by atoms with Gasteiger partial charge in [-0.1, -0.05) is 24.3 Å². The van der Waals surface area contributed by atoms with Crippen molar-refractivity contribution in [1.82, 2.24) is 20.5 Å². The molecule has 1 fully saturated rings. The minimum Gasteiger partial charge on any atom is -0.343 e. The minimum absolute atomic E-state index is 0. The van der Waals surface area contributed by atoms with E-state index in [1.807, 2.05) is 18.2 Å². The van der Waals surface area contributed by atoms with Gasteiger partial charge in [0.25, 0.3) is 5.91 Å². The first-order chi connectivity index (χ1) is 11.8. The molecule has 0 saturated carbocycles. The minimum atomic E-state index is -0.239. The van der Waals surface area contributed by atoms with Crippen molar-refractivity contribution < 1.29 is 9.59 Å². The number of rotatable bonds is 4. The molecule has 1 aromatic heterocycles. The van der Waals surface area contributed by atoms with E-state index in [-0.39, 0.29) is 36.8 Å². The van der Waals surface area contributed by atoms with Gasteiger partial charge in [0.15, 0.2) is 0 Å². The Labute approximate surface area is 153 Å². The van der Waals surface area contributed by atoms with Crippen LogP contribution in [0.3, 0.4) is 0 Å². The third-order valence-electron chi connectivity index (χ3n) is 4.07. The first-order valence-corrected chi connectivity index (χ1v) is 7.99. The summed E-state index contributed by atoms with van der Waals surface area (Å²) in [6, 6.07) is 12.7. The van der Waals surface area contributed by atoms with Gasteiger partial charge in [-0.2, -0.15) is 0 Å². The van der Waals surface area contributed by atoms with Crippen LogP contribution in [-0.4, -0.2) is 47.9 Å². The Morgan fingerprint density at radius 3 is 2.72 bits per heavy atom. The maximum atomic E-state index is 12.6. The Bertz CT molecular complexity index is 697. The van der Waals surface area contributed by atoms with Gasteiger partial charge in [0, 0.05) is 37.6 Å².